The SMILES string of the molecule is CCc1ccccc1NC(=O)CN(C)C(=O)CC1C=CCC1. The van der Waals surface area contributed by atoms with E-state index in [9.17, 15) is 9.59 Å². The van der Waals surface area contributed by atoms with E-state index in [0.717, 1.165) is 30.5 Å². The lowest BCUT2D eigenvalue weighted by Gasteiger charge is -2.19. The monoisotopic (exact) mass is 300 g/mol. The third kappa shape index (κ3) is 4.45. The van der Waals surface area contributed by atoms with E-state index in [1.165, 1.54) is 4.90 Å². The van der Waals surface area contributed by atoms with Gasteiger partial charge in [-0.05, 0) is 36.8 Å². The molecule has 0 aromatic heterocycles. The summed E-state index contributed by atoms with van der Waals surface area (Å²) < 4.78 is 0. The number of nitrogens with zero attached hydrogens (tertiary/aromatic N) is 1. The van der Waals surface area contributed by atoms with Crippen LogP contribution in [0.1, 0.15) is 31.7 Å². The van der Waals surface area contributed by atoms with Gasteiger partial charge < -0.3 is 10.2 Å². The Morgan fingerprint density at radius 2 is 2.09 bits per heavy atom. The van der Waals surface area contributed by atoms with Crippen LogP contribution in [0.25, 0.3) is 0 Å². The molecular weight excluding hydrogens is 276 g/mol. The van der Waals surface area contributed by atoms with Crippen molar-refractivity contribution in [3.63, 3.8) is 0 Å². The molecule has 1 aromatic carbocycles. The van der Waals surface area contributed by atoms with Crippen molar-refractivity contribution in [2.24, 2.45) is 5.92 Å². The summed E-state index contributed by atoms with van der Waals surface area (Å²) in [5.41, 5.74) is 1.93. The molecule has 2 rings (SSSR count). The predicted molar refractivity (Wildman–Crippen MR) is 88.6 cm³/mol. The van der Waals surface area contributed by atoms with Crippen molar-refractivity contribution in [1.82, 2.24) is 4.90 Å². The van der Waals surface area contributed by atoms with Crippen LogP contribution in [0.2, 0.25) is 0 Å². The van der Waals surface area contributed by atoms with Gasteiger partial charge in [0.1, 0.15) is 0 Å². The first kappa shape index (κ1) is 16.3. The zero-order valence-corrected chi connectivity index (χ0v) is 13.3. The second-order valence-corrected chi connectivity index (χ2v) is 5.78. The molecule has 4 nitrogen and oxygen atoms in total. The third-order valence-electron chi connectivity index (χ3n) is 4.03. The number of anilines is 1. The number of para-hydroxylation sites is 1. The highest BCUT2D eigenvalue weighted by molar-refractivity contribution is 5.95. The Kier molecular flexibility index (Phi) is 5.75. The van der Waals surface area contributed by atoms with Crippen LogP contribution in [-0.2, 0) is 16.0 Å². The molecule has 1 aliphatic carbocycles. The molecule has 118 valence electrons. The van der Waals surface area contributed by atoms with Crippen molar-refractivity contribution < 1.29 is 9.59 Å². The first-order valence-corrected chi connectivity index (χ1v) is 7.88. The summed E-state index contributed by atoms with van der Waals surface area (Å²) in [7, 11) is 1.69. The molecule has 0 bridgehead atoms. The van der Waals surface area contributed by atoms with Crippen molar-refractivity contribution in [2.75, 3.05) is 18.9 Å². The van der Waals surface area contributed by atoms with Crippen LogP contribution in [0.4, 0.5) is 5.69 Å². The van der Waals surface area contributed by atoms with Crippen LogP contribution in [0.15, 0.2) is 36.4 Å². The van der Waals surface area contributed by atoms with Gasteiger partial charge in [0.05, 0.1) is 6.54 Å². The predicted octanol–water partition coefficient (Wildman–Crippen LogP) is 3.00. The number of carbonyl (C=O) groups excluding carboxylic acids is 2. The lowest BCUT2D eigenvalue weighted by Crippen LogP contribution is -2.35. The fourth-order valence-corrected chi connectivity index (χ4v) is 2.69. The smallest absolute Gasteiger partial charge is 0.243 e. The molecule has 22 heavy (non-hydrogen) atoms. The molecule has 0 saturated heterocycles. The van der Waals surface area contributed by atoms with Gasteiger partial charge in [-0.15, -0.1) is 0 Å². The highest BCUT2D eigenvalue weighted by Gasteiger charge is 2.18. The van der Waals surface area contributed by atoms with E-state index in [2.05, 4.69) is 24.4 Å². The average molecular weight is 300 g/mol. The number of aryl methyl sites for hydroxylation is 1. The lowest BCUT2D eigenvalue weighted by atomic mass is 10.0. The maximum absolute atomic E-state index is 12.1. The van der Waals surface area contributed by atoms with E-state index < -0.39 is 0 Å². The van der Waals surface area contributed by atoms with Crippen molar-refractivity contribution in [1.29, 1.82) is 0 Å². The number of carbonyl (C=O) groups is 2. The van der Waals surface area contributed by atoms with E-state index in [-0.39, 0.29) is 18.4 Å². The molecular formula is C18H24N2O2. The number of benzene rings is 1. The molecule has 0 radical (unpaired) electrons. The summed E-state index contributed by atoms with van der Waals surface area (Å²) in [5.74, 6) is 0.202. The number of rotatable bonds is 6. The Morgan fingerprint density at radius 1 is 1.32 bits per heavy atom. The first-order chi connectivity index (χ1) is 10.6. The molecule has 1 atom stereocenters. The van der Waals surface area contributed by atoms with Gasteiger partial charge in [0, 0.05) is 19.2 Å². The van der Waals surface area contributed by atoms with Crippen LogP contribution < -0.4 is 5.32 Å². The third-order valence-corrected chi connectivity index (χ3v) is 4.03. The van der Waals surface area contributed by atoms with Crippen molar-refractivity contribution in [3.8, 4) is 0 Å². The Hall–Kier alpha value is -2.10. The van der Waals surface area contributed by atoms with E-state index in [4.69, 9.17) is 0 Å². The number of amides is 2. The molecule has 1 N–H and O–H groups in total. The summed E-state index contributed by atoms with van der Waals surface area (Å²) in [6.45, 7) is 2.14. The van der Waals surface area contributed by atoms with E-state index in [1.807, 2.05) is 24.3 Å². The maximum Gasteiger partial charge on any atom is 0.243 e. The lowest BCUT2D eigenvalue weighted by molar-refractivity contribution is -0.133. The number of nitrogens with one attached hydrogen (secondary N) is 1. The van der Waals surface area contributed by atoms with Gasteiger partial charge in [0.2, 0.25) is 11.8 Å². The van der Waals surface area contributed by atoms with Crippen LogP contribution >= 0.6 is 0 Å². The van der Waals surface area contributed by atoms with Crippen LogP contribution in [-0.4, -0.2) is 30.3 Å². The summed E-state index contributed by atoms with van der Waals surface area (Å²) in [5, 5.41) is 2.89. The Bertz CT molecular complexity index is 566. The molecule has 1 unspecified atom stereocenters. The van der Waals surface area contributed by atoms with Gasteiger partial charge in [-0.1, -0.05) is 37.3 Å². The summed E-state index contributed by atoms with van der Waals surface area (Å²) in [6.07, 6.45) is 7.66. The second kappa shape index (κ2) is 7.78. The minimum absolute atomic E-state index is 0.0236. The summed E-state index contributed by atoms with van der Waals surface area (Å²) in [6, 6.07) is 7.74. The highest BCUT2D eigenvalue weighted by atomic mass is 16.2. The fraction of sp³-hybridized carbons (Fsp3) is 0.444. The molecule has 0 spiro atoms. The van der Waals surface area contributed by atoms with E-state index in [0.29, 0.717) is 12.3 Å². The van der Waals surface area contributed by atoms with Crippen LogP contribution in [0.5, 0.6) is 0 Å². The Morgan fingerprint density at radius 3 is 2.77 bits per heavy atom. The minimum atomic E-state index is -0.154. The number of hydrogen-bond acceptors (Lipinski definition) is 2. The van der Waals surface area contributed by atoms with Crippen molar-refractivity contribution >= 4 is 17.5 Å². The first-order valence-electron chi connectivity index (χ1n) is 7.88. The van der Waals surface area contributed by atoms with E-state index >= 15 is 0 Å². The van der Waals surface area contributed by atoms with Gasteiger partial charge in [-0.2, -0.15) is 0 Å². The average Bonchev–Trinajstić information content (AvgIpc) is 3.00. The topological polar surface area (TPSA) is 49.4 Å². The molecule has 2 amide bonds. The standard InChI is InChI=1S/C18H24N2O2/c1-3-15-10-6-7-11-16(15)19-17(21)13-20(2)18(22)12-14-8-4-5-9-14/h4,6-8,10-11,14H,3,5,9,12-13H2,1-2H3,(H,19,21). The van der Waals surface area contributed by atoms with Gasteiger partial charge in [0.15, 0.2) is 0 Å². The van der Waals surface area contributed by atoms with Gasteiger partial charge >= 0.3 is 0 Å². The number of allylic oxidation sites excluding steroid dienone is 2. The molecule has 0 aliphatic heterocycles. The summed E-state index contributed by atoms with van der Waals surface area (Å²) in [4.78, 5) is 25.7. The normalized spacial score (nSPS) is 16.5. The highest BCUT2D eigenvalue weighted by Crippen LogP contribution is 2.21. The van der Waals surface area contributed by atoms with Crippen LogP contribution in [0.3, 0.4) is 0 Å². The Labute approximate surface area is 132 Å². The number of likely N-dealkylation sites (N-methyl/N-ethyl adjacent to an activating group) is 1. The molecule has 1 aromatic rings. The summed E-state index contributed by atoms with van der Waals surface area (Å²) >= 11 is 0. The fourth-order valence-electron chi connectivity index (χ4n) is 2.69. The molecule has 0 fully saturated rings. The zero-order chi connectivity index (χ0) is 15.9. The molecule has 0 heterocycles. The van der Waals surface area contributed by atoms with Gasteiger partial charge in [-0.3, -0.25) is 9.59 Å². The Balaban J connectivity index is 1.85. The van der Waals surface area contributed by atoms with Crippen molar-refractivity contribution in [3.05, 3.63) is 42.0 Å². The molecule has 4 heteroatoms. The van der Waals surface area contributed by atoms with Gasteiger partial charge in [0.25, 0.3) is 0 Å². The van der Waals surface area contributed by atoms with Crippen LogP contribution in [0, 0.1) is 5.92 Å². The van der Waals surface area contributed by atoms with Gasteiger partial charge in [-0.25, -0.2) is 0 Å². The maximum atomic E-state index is 12.1. The van der Waals surface area contributed by atoms with E-state index in [1.54, 1.807) is 7.05 Å². The number of hydrogen-bond donors (Lipinski definition) is 1. The molecule has 1 aliphatic rings. The quantitative estimate of drug-likeness (QED) is 0.821. The zero-order valence-electron chi connectivity index (χ0n) is 13.3. The largest absolute Gasteiger partial charge is 0.336 e. The minimum Gasteiger partial charge on any atom is -0.336 e. The second-order valence-electron chi connectivity index (χ2n) is 5.78. The van der Waals surface area contributed by atoms with Crippen molar-refractivity contribution in [2.45, 2.75) is 32.6 Å². The molecule has 0 saturated carbocycles.